The lowest BCUT2D eigenvalue weighted by atomic mass is 10.0. The molecule has 13 heavy (non-hydrogen) atoms. The molecule has 0 saturated carbocycles. The molecule has 0 amide bonds. The van der Waals surface area contributed by atoms with Gasteiger partial charge in [-0.2, -0.15) is 0 Å². The summed E-state index contributed by atoms with van der Waals surface area (Å²) < 4.78 is 0. The number of allylic oxidation sites excluding steroid dienone is 2. The van der Waals surface area contributed by atoms with Crippen LogP contribution in [0.25, 0.3) is 0 Å². The molecular formula is C11H19ClO. The maximum absolute atomic E-state index is 10.4. The average molecular weight is 203 g/mol. The summed E-state index contributed by atoms with van der Waals surface area (Å²) in [5.74, 6) is 0.766. The quantitative estimate of drug-likeness (QED) is 0.266. The molecular weight excluding hydrogens is 184 g/mol. The third-order valence-electron chi connectivity index (χ3n) is 2.29. The van der Waals surface area contributed by atoms with Crippen molar-refractivity contribution in [1.82, 2.24) is 0 Å². The van der Waals surface area contributed by atoms with Crippen molar-refractivity contribution in [2.45, 2.75) is 46.0 Å². The van der Waals surface area contributed by atoms with Gasteiger partial charge in [-0.25, -0.2) is 0 Å². The fraction of sp³-hybridized carbons (Fsp3) is 0.727. The van der Waals surface area contributed by atoms with Crippen LogP contribution in [0.2, 0.25) is 0 Å². The van der Waals surface area contributed by atoms with Gasteiger partial charge in [-0.3, -0.25) is 4.79 Å². The largest absolute Gasteiger partial charge is 0.298 e. The first-order valence-corrected chi connectivity index (χ1v) is 5.43. The van der Waals surface area contributed by atoms with E-state index in [2.05, 4.69) is 0 Å². The van der Waals surface area contributed by atoms with Crippen LogP contribution in [0.4, 0.5) is 0 Å². The highest BCUT2D eigenvalue weighted by molar-refractivity contribution is 6.17. The van der Waals surface area contributed by atoms with E-state index in [0.717, 1.165) is 30.6 Å². The molecule has 0 aromatic rings. The van der Waals surface area contributed by atoms with E-state index in [1.807, 2.05) is 13.8 Å². The number of hydrogen-bond acceptors (Lipinski definition) is 1. The smallest absolute Gasteiger partial charge is 0.145 e. The predicted molar refractivity (Wildman–Crippen MR) is 58.2 cm³/mol. The summed E-state index contributed by atoms with van der Waals surface area (Å²) in [6.45, 7) is 3.91. The summed E-state index contributed by atoms with van der Waals surface area (Å²) in [4.78, 5) is 10.4. The Labute approximate surface area is 86.2 Å². The van der Waals surface area contributed by atoms with Gasteiger partial charge in [-0.1, -0.05) is 18.4 Å². The normalized spacial score (nSPS) is 12.5. The van der Waals surface area contributed by atoms with Gasteiger partial charge < -0.3 is 0 Å². The molecule has 0 aliphatic carbocycles. The van der Waals surface area contributed by atoms with Gasteiger partial charge >= 0.3 is 0 Å². The highest BCUT2D eigenvalue weighted by Gasteiger charge is 1.95. The summed E-state index contributed by atoms with van der Waals surface area (Å²) in [6.07, 6.45) is 6.69. The Hall–Kier alpha value is -0.300. The van der Waals surface area contributed by atoms with E-state index in [-0.39, 0.29) is 0 Å². The van der Waals surface area contributed by atoms with Crippen LogP contribution in [0.5, 0.6) is 0 Å². The van der Waals surface area contributed by atoms with Crippen molar-refractivity contribution in [1.29, 1.82) is 0 Å². The van der Waals surface area contributed by atoms with E-state index in [9.17, 15) is 4.79 Å². The third kappa shape index (κ3) is 6.83. The number of unbranched alkanes of at least 4 members (excludes halogenated alkanes) is 3. The lowest BCUT2D eigenvalue weighted by Gasteiger charge is -2.02. The molecule has 0 radical (unpaired) electrons. The van der Waals surface area contributed by atoms with Crippen LogP contribution in [0, 0.1) is 0 Å². The number of rotatable bonds is 7. The van der Waals surface area contributed by atoms with Crippen LogP contribution in [-0.4, -0.2) is 12.2 Å². The SMILES string of the molecule is C/C(C=O)=C(\C)CCCCCCCl. The summed E-state index contributed by atoms with van der Waals surface area (Å²) >= 11 is 5.56. The zero-order valence-corrected chi connectivity index (χ0v) is 9.36. The van der Waals surface area contributed by atoms with E-state index in [0.29, 0.717) is 0 Å². The predicted octanol–water partition coefficient (Wildman–Crippen LogP) is 3.71. The number of hydrogen-bond donors (Lipinski definition) is 0. The Bertz CT molecular complexity index is 173. The van der Waals surface area contributed by atoms with Crippen molar-refractivity contribution < 1.29 is 4.79 Å². The minimum absolute atomic E-state index is 0.766. The van der Waals surface area contributed by atoms with Gasteiger partial charge in [0.2, 0.25) is 0 Å². The Morgan fingerprint density at radius 1 is 1.15 bits per heavy atom. The number of halogens is 1. The van der Waals surface area contributed by atoms with Gasteiger partial charge in [0.25, 0.3) is 0 Å². The van der Waals surface area contributed by atoms with Crippen molar-refractivity contribution in [2.24, 2.45) is 0 Å². The summed E-state index contributed by atoms with van der Waals surface area (Å²) in [6, 6.07) is 0. The average Bonchev–Trinajstić information content (AvgIpc) is 2.16. The van der Waals surface area contributed by atoms with Crippen LogP contribution in [0.3, 0.4) is 0 Å². The Balaban J connectivity index is 3.47. The van der Waals surface area contributed by atoms with Gasteiger partial charge in [0.05, 0.1) is 0 Å². The van der Waals surface area contributed by atoms with Gasteiger partial charge in [0, 0.05) is 5.88 Å². The Morgan fingerprint density at radius 3 is 2.31 bits per heavy atom. The number of aldehydes is 1. The molecule has 0 N–H and O–H groups in total. The van der Waals surface area contributed by atoms with Gasteiger partial charge in [-0.15, -0.1) is 11.6 Å². The molecule has 1 nitrogen and oxygen atoms in total. The summed E-state index contributed by atoms with van der Waals surface area (Å²) in [5.41, 5.74) is 2.11. The van der Waals surface area contributed by atoms with Gasteiger partial charge in [0.1, 0.15) is 6.29 Å². The molecule has 0 aliphatic heterocycles. The van der Waals surface area contributed by atoms with Crippen molar-refractivity contribution in [3.8, 4) is 0 Å². The molecule has 2 heteroatoms. The van der Waals surface area contributed by atoms with Crippen LogP contribution in [-0.2, 0) is 4.79 Å². The standard InChI is InChI=1S/C11H19ClO/c1-10(11(2)9-13)7-5-3-4-6-8-12/h9H,3-8H2,1-2H3/b11-10-. The van der Waals surface area contributed by atoms with Crippen molar-refractivity contribution in [3.63, 3.8) is 0 Å². The monoisotopic (exact) mass is 202 g/mol. The molecule has 0 unspecified atom stereocenters. The topological polar surface area (TPSA) is 17.1 Å². The van der Waals surface area contributed by atoms with Crippen LogP contribution in [0.15, 0.2) is 11.1 Å². The first-order valence-electron chi connectivity index (χ1n) is 4.90. The first kappa shape index (κ1) is 12.7. The molecule has 0 aromatic carbocycles. The highest BCUT2D eigenvalue weighted by Crippen LogP contribution is 2.12. The van der Waals surface area contributed by atoms with Crippen molar-refractivity contribution in [2.75, 3.05) is 5.88 Å². The lowest BCUT2D eigenvalue weighted by molar-refractivity contribution is -0.104. The molecule has 0 spiro atoms. The van der Waals surface area contributed by atoms with Crippen molar-refractivity contribution in [3.05, 3.63) is 11.1 Å². The van der Waals surface area contributed by atoms with Gasteiger partial charge in [-0.05, 0) is 38.7 Å². The lowest BCUT2D eigenvalue weighted by Crippen LogP contribution is -1.87. The molecule has 0 aliphatic rings. The number of carbonyl (C=O) groups excluding carboxylic acids is 1. The van der Waals surface area contributed by atoms with E-state index in [1.54, 1.807) is 0 Å². The van der Waals surface area contributed by atoms with Gasteiger partial charge in [0.15, 0.2) is 0 Å². The zero-order chi connectivity index (χ0) is 10.1. The molecule has 0 heterocycles. The van der Waals surface area contributed by atoms with E-state index >= 15 is 0 Å². The second-order valence-electron chi connectivity index (χ2n) is 3.43. The highest BCUT2D eigenvalue weighted by atomic mass is 35.5. The maximum atomic E-state index is 10.4. The second kappa shape index (κ2) is 8.31. The van der Waals surface area contributed by atoms with E-state index in [1.165, 1.54) is 24.8 Å². The minimum atomic E-state index is 0.766. The molecule has 0 atom stereocenters. The Morgan fingerprint density at radius 2 is 1.77 bits per heavy atom. The molecule has 0 aromatic heterocycles. The summed E-state index contributed by atoms with van der Waals surface area (Å²) in [7, 11) is 0. The third-order valence-corrected chi connectivity index (χ3v) is 2.55. The molecule has 0 fully saturated rings. The fourth-order valence-corrected chi connectivity index (χ4v) is 1.32. The number of carbonyl (C=O) groups is 1. The van der Waals surface area contributed by atoms with E-state index < -0.39 is 0 Å². The second-order valence-corrected chi connectivity index (χ2v) is 3.81. The number of alkyl halides is 1. The molecule has 76 valence electrons. The van der Waals surface area contributed by atoms with E-state index in [4.69, 9.17) is 11.6 Å². The van der Waals surface area contributed by atoms with Crippen LogP contribution < -0.4 is 0 Å². The summed E-state index contributed by atoms with van der Waals surface area (Å²) in [5, 5.41) is 0. The zero-order valence-electron chi connectivity index (χ0n) is 8.61. The van der Waals surface area contributed by atoms with Crippen LogP contribution >= 0.6 is 11.6 Å². The maximum Gasteiger partial charge on any atom is 0.145 e. The Kier molecular flexibility index (Phi) is 8.11. The minimum Gasteiger partial charge on any atom is -0.298 e. The molecule has 0 saturated heterocycles. The fourth-order valence-electron chi connectivity index (χ4n) is 1.14. The first-order chi connectivity index (χ1) is 6.22. The molecule has 0 rings (SSSR count). The van der Waals surface area contributed by atoms with Crippen molar-refractivity contribution >= 4 is 17.9 Å². The van der Waals surface area contributed by atoms with Crippen LogP contribution in [0.1, 0.15) is 46.0 Å². The molecule has 0 bridgehead atoms.